The topological polar surface area (TPSA) is 50.4 Å². The van der Waals surface area contributed by atoms with E-state index in [2.05, 4.69) is 16.7 Å². The van der Waals surface area contributed by atoms with Gasteiger partial charge in [0.15, 0.2) is 0 Å². The molecule has 3 rings (SSSR count). The number of fused-ring (bicyclic) bond motifs is 1. The summed E-state index contributed by atoms with van der Waals surface area (Å²) in [6.45, 7) is 3.51. The Labute approximate surface area is 113 Å². The molecule has 19 heavy (non-hydrogen) atoms. The first-order valence-corrected chi connectivity index (χ1v) is 7.00. The monoisotopic (exact) mass is 260 g/mol. The van der Waals surface area contributed by atoms with Crippen LogP contribution in [0.4, 0.5) is 11.4 Å². The number of rotatable bonds is 2. The summed E-state index contributed by atoms with van der Waals surface area (Å²) in [6, 6.07) is 6.07. The summed E-state index contributed by atoms with van der Waals surface area (Å²) in [7, 11) is 0. The van der Waals surface area contributed by atoms with Crippen molar-refractivity contribution in [3.8, 4) is 0 Å². The van der Waals surface area contributed by atoms with Crippen molar-refractivity contribution in [1.82, 2.24) is 0 Å². The average Bonchev–Trinajstić information content (AvgIpc) is 2.87. The van der Waals surface area contributed by atoms with Gasteiger partial charge in [-0.25, -0.2) is 0 Å². The van der Waals surface area contributed by atoms with Crippen molar-refractivity contribution in [3.05, 3.63) is 23.8 Å². The molecule has 102 valence electrons. The standard InChI is InChI=1S/C15H20N2O2/c1-15(8-4-10-19-15)14(18)17-12-7-2-5-11-6-3-9-16-13(11)12/h2,5,7,16H,3-4,6,8-10H2,1H3,(H,17,18). The summed E-state index contributed by atoms with van der Waals surface area (Å²) < 4.78 is 5.59. The van der Waals surface area contributed by atoms with E-state index >= 15 is 0 Å². The van der Waals surface area contributed by atoms with Crippen molar-refractivity contribution in [1.29, 1.82) is 0 Å². The molecule has 1 unspecified atom stereocenters. The zero-order valence-corrected chi connectivity index (χ0v) is 11.3. The van der Waals surface area contributed by atoms with E-state index in [-0.39, 0.29) is 5.91 Å². The predicted octanol–water partition coefficient (Wildman–Crippen LogP) is 2.55. The molecule has 0 saturated carbocycles. The molecule has 2 heterocycles. The highest BCUT2D eigenvalue weighted by atomic mass is 16.5. The summed E-state index contributed by atoms with van der Waals surface area (Å²) in [5.74, 6) is -0.0363. The lowest BCUT2D eigenvalue weighted by Gasteiger charge is -2.25. The Morgan fingerprint density at radius 1 is 1.42 bits per heavy atom. The zero-order valence-electron chi connectivity index (χ0n) is 11.3. The normalized spacial score (nSPS) is 25.5. The van der Waals surface area contributed by atoms with Gasteiger partial charge in [-0.3, -0.25) is 4.79 Å². The Morgan fingerprint density at radius 2 is 2.32 bits per heavy atom. The van der Waals surface area contributed by atoms with Gasteiger partial charge in [-0.2, -0.15) is 0 Å². The van der Waals surface area contributed by atoms with Crippen molar-refractivity contribution >= 4 is 17.3 Å². The van der Waals surface area contributed by atoms with Gasteiger partial charge >= 0.3 is 0 Å². The van der Waals surface area contributed by atoms with Crippen LogP contribution in [0.1, 0.15) is 31.7 Å². The third-order valence-corrected chi connectivity index (χ3v) is 4.02. The number of para-hydroxylation sites is 1. The van der Waals surface area contributed by atoms with E-state index in [0.29, 0.717) is 6.61 Å². The number of aryl methyl sites for hydroxylation is 1. The number of hydrogen-bond donors (Lipinski definition) is 2. The molecule has 0 spiro atoms. The minimum atomic E-state index is -0.669. The fourth-order valence-electron chi connectivity index (χ4n) is 2.83. The van der Waals surface area contributed by atoms with Crippen molar-refractivity contribution < 1.29 is 9.53 Å². The number of ether oxygens (including phenoxy) is 1. The van der Waals surface area contributed by atoms with Gasteiger partial charge < -0.3 is 15.4 Å². The fourth-order valence-corrected chi connectivity index (χ4v) is 2.83. The fraction of sp³-hybridized carbons (Fsp3) is 0.533. The SMILES string of the molecule is CC1(C(=O)Nc2cccc3c2NCCC3)CCCO1. The van der Waals surface area contributed by atoms with Crippen LogP contribution < -0.4 is 10.6 Å². The zero-order chi connectivity index (χ0) is 13.3. The van der Waals surface area contributed by atoms with E-state index in [9.17, 15) is 4.79 Å². The molecule has 4 nitrogen and oxygen atoms in total. The van der Waals surface area contributed by atoms with Crippen LogP contribution in [0.2, 0.25) is 0 Å². The molecule has 1 aromatic rings. The Hall–Kier alpha value is -1.55. The summed E-state index contributed by atoms with van der Waals surface area (Å²) in [6.07, 6.45) is 3.96. The van der Waals surface area contributed by atoms with E-state index in [1.54, 1.807) is 0 Å². The minimum Gasteiger partial charge on any atom is -0.383 e. The molecule has 0 bridgehead atoms. The second kappa shape index (κ2) is 4.85. The maximum Gasteiger partial charge on any atom is 0.256 e. The van der Waals surface area contributed by atoms with Gasteiger partial charge in [-0.1, -0.05) is 12.1 Å². The minimum absolute atomic E-state index is 0.0363. The lowest BCUT2D eigenvalue weighted by Crippen LogP contribution is -2.39. The number of carbonyl (C=O) groups is 1. The van der Waals surface area contributed by atoms with Crippen LogP contribution in [0.15, 0.2) is 18.2 Å². The van der Waals surface area contributed by atoms with Gasteiger partial charge in [-0.15, -0.1) is 0 Å². The van der Waals surface area contributed by atoms with Gasteiger partial charge in [-0.05, 0) is 44.2 Å². The molecule has 0 radical (unpaired) electrons. The van der Waals surface area contributed by atoms with Gasteiger partial charge in [0, 0.05) is 13.2 Å². The van der Waals surface area contributed by atoms with Gasteiger partial charge in [0.1, 0.15) is 5.60 Å². The Kier molecular flexibility index (Phi) is 3.19. The highest BCUT2D eigenvalue weighted by molar-refractivity contribution is 6.00. The van der Waals surface area contributed by atoms with E-state index in [1.165, 1.54) is 5.56 Å². The molecular weight excluding hydrogens is 240 g/mol. The van der Waals surface area contributed by atoms with Crippen LogP contribution in [-0.4, -0.2) is 24.7 Å². The largest absolute Gasteiger partial charge is 0.383 e. The molecule has 1 fully saturated rings. The van der Waals surface area contributed by atoms with Crippen molar-refractivity contribution in [2.75, 3.05) is 23.8 Å². The lowest BCUT2D eigenvalue weighted by atomic mass is 10.00. The molecule has 4 heteroatoms. The molecule has 2 aliphatic heterocycles. The second-order valence-corrected chi connectivity index (χ2v) is 5.51. The first-order chi connectivity index (χ1) is 9.19. The van der Waals surface area contributed by atoms with Crippen LogP contribution in [0, 0.1) is 0 Å². The summed E-state index contributed by atoms with van der Waals surface area (Å²) in [5, 5.41) is 6.41. The molecule has 0 aromatic heterocycles. The Bertz CT molecular complexity index is 493. The van der Waals surface area contributed by atoms with Crippen molar-refractivity contribution in [2.45, 2.75) is 38.2 Å². The predicted molar refractivity (Wildman–Crippen MR) is 75.5 cm³/mol. The van der Waals surface area contributed by atoms with Crippen LogP contribution in [0.3, 0.4) is 0 Å². The van der Waals surface area contributed by atoms with Crippen LogP contribution in [0.25, 0.3) is 0 Å². The summed E-state index contributed by atoms with van der Waals surface area (Å²) >= 11 is 0. The molecule has 0 aliphatic carbocycles. The van der Waals surface area contributed by atoms with Crippen molar-refractivity contribution in [3.63, 3.8) is 0 Å². The highest BCUT2D eigenvalue weighted by Gasteiger charge is 2.38. The first-order valence-electron chi connectivity index (χ1n) is 7.00. The second-order valence-electron chi connectivity index (χ2n) is 5.51. The van der Waals surface area contributed by atoms with Gasteiger partial charge in [0.25, 0.3) is 5.91 Å². The third-order valence-electron chi connectivity index (χ3n) is 4.02. The highest BCUT2D eigenvalue weighted by Crippen LogP contribution is 2.32. The molecule has 1 aromatic carbocycles. The number of anilines is 2. The van der Waals surface area contributed by atoms with E-state index in [4.69, 9.17) is 4.74 Å². The quantitative estimate of drug-likeness (QED) is 0.859. The van der Waals surface area contributed by atoms with Gasteiger partial charge in [0.2, 0.25) is 0 Å². The van der Waals surface area contributed by atoms with Crippen LogP contribution in [-0.2, 0) is 16.0 Å². The van der Waals surface area contributed by atoms with Gasteiger partial charge in [0.05, 0.1) is 11.4 Å². The lowest BCUT2D eigenvalue weighted by molar-refractivity contribution is -0.133. The molecule has 1 saturated heterocycles. The summed E-state index contributed by atoms with van der Waals surface area (Å²) in [4.78, 5) is 12.4. The molecule has 1 atom stereocenters. The first kappa shape index (κ1) is 12.5. The van der Waals surface area contributed by atoms with Crippen LogP contribution in [0.5, 0.6) is 0 Å². The molecular formula is C15H20N2O2. The van der Waals surface area contributed by atoms with Crippen LogP contribution >= 0.6 is 0 Å². The Morgan fingerprint density at radius 3 is 3.11 bits per heavy atom. The summed E-state index contributed by atoms with van der Waals surface area (Å²) in [5.41, 5.74) is 2.56. The average molecular weight is 260 g/mol. The molecule has 2 aliphatic rings. The molecule has 1 amide bonds. The van der Waals surface area contributed by atoms with Crippen molar-refractivity contribution in [2.24, 2.45) is 0 Å². The number of hydrogen-bond acceptors (Lipinski definition) is 3. The smallest absolute Gasteiger partial charge is 0.256 e. The third kappa shape index (κ3) is 2.32. The maximum atomic E-state index is 12.4. The maximum absolute atomic E-state index is 12.4. The number of carbonyl (C=O) groups excluding carboxylic acids is 1. The number of benzene rings is 1. The Balaban J connectivity index is 1.82. The number of amides is 1. The number of nitrogens with one attached hydrogen (secondary N) is 2. The van der Waals surface area contributed by atoms with E-state index in [0.717, 1.165) is 43.6 Å². The van der Waals surface area contributed by atoms with E-state index < -0.39 is 5.60 Å². The molecule has 2 N–H and O–H groups in total. The van der Waals surface area contributed by atoms with E-state index in [1.807, 2.05) is 19.1 Å².